The number of benzene rings is 3. The molecular formula is C21H15NO. The maximum Gasteiger partial charge on any atom is 0.176 e. The van der Waals surface area contributed by atoms with Crippen molar-refractivity contribution in [2.45, 2.75) is 5.92 Å². The van der Waals surface area contributed by atoms with E-state index >= 15 is 0 Å². The Morgan fingerprint density at radius 2 is 1.35 bits per heavy atom. The van der Waals surface area contributed by atoms with Crippen LogP contribution in [-0.4, -0.2) is 11.5 Å². The highest BCUT2D eigenvalue weighted by molar-refractivity contribution is 6.25. The van der Waals surface area contributed by atoms with Gasteiger partial charge in [-0.2, -0.15) is 0 Å². The van der Waals surface area contributed by atoms with Crippen molar-refractivity contribution in [2.75, 3.05) is 0 Å². The molecule has 0 radical (unpaired) electrons. The van der Waals surface area contributed by atoms with Gasteiger partial charge in [-0.15, -0.1) is 0 Å². The van der Waals surface area contributed by atoms with Crippen molar-refractivity contribution in [1.82, 2.24) is 0 Å². The number of aliphatic imine (C=N–C) groups is 1. The summed E-state index contributed by atoms with van der Waals surface area (Å²) in [5.74, 6) is -0.242. The highest BCUT2D eigenvalue weighted by atomic mass is 16.1. The molecule has 0 saturated heterocycles. The predicted molar refractivity (Wildman–Crippen MR) is 92.6 cm³/mol. The first-order chi connectivity index (χ1) is 11.3. The number of carbonyl (C=O) groups is 1. The summed E-state index contributed by atoms with van der Waals surface area (Å²) in [6.45, 7) is 0. The molecule has 4 rings (SSSR count). The van der Waals surface area contributed by atoms with Crippen LogP contribution in [0.5, 0.6) is 0 Å². The van der Waals surface area contributed by atoms with Gasteiger partial charge in [-0.1, -0.05) is 78.9 Å². The van der Waals surface area contributed by atoms with Crippen LogP contribution >= 0.6 is 0 Å². The summed E-state index contributed by atoms with van der Waals surface area (Å²) in [7, 11) is 0. The van der Waals surface area contributed by atoms with Crippen LogP contribution < -0.4 is 0 Å². The molecule has 0 saturated carbocycles. The Hall–Kier alpha value is -3.00. The topological polar surface area (TPSA) is 29.4 Å². The lowest BCUT2D eigenvalue weighted by atomic mass is 9.85. The molecule has 1 unspecified atom stereocenters. The van der Waals surface area contributed by atoms with Crippen molar-refractivity contribution in [1.29, 1.82) is 0 Å². The number of para-hydroxylation sites is 1. The molecule has 0 amide bonds. The van der Waals surface area contributed by atoms with Crippen LogP contribution in [-0.2, 0) is 0 Å². The molecule has 2 heteroatoms. The molecule has 0 fully saturated rings. The second-order valence-electron chi connectivity index (χ2n) is 5.59. The van der Waals surface area contributed by atoms with E-state index in [4.69, 9.17) is 4.99 Å². The van der Waals surface area contributed by atoms with E-state index in [9.17, 15) is 4.79 Å². The van der Waals surface area contributed by atoms with E-state index < -0.39 is 0 Å². The number of fused-ring (bicyclic) bond motifs is 1. The minimum atomic E-state index is -0.337. The molecule has 1 aliphatic heterocycles. The molecule has 0 bridgehead atoms. The van der Waals surface area contributed by atoms with E-state index in [0.29, 0.717) is 0 Å². The molecule has 0 aliphatic carbocycles. The monoisotopic (exact) mass is 297 g/mol. The molecule has 0 N–H and O–H groups in total. The molecule has 1 heterocycles. The van der Waals surface area contributed by atoms with Gasteiger partial charge in [0.2, 0.25) is 0 Å². The first-order valence-electron chi connectivity index (χ1n) is 7.67. The summed E-state index contributed by atoms with van der Waals surface area (Å²) in [4.78, 5) is 17.9. The highest BCUT2D eigenvalue weighted by Gasteiger charge is 2.34. The van der Waals surface area contributed by atoms with Gasteiger partial charge in [-0.3, -0.25) is 9.79 Å². The summed E-state index contributed by atoms with van der Waals surface area (Å²) in [6, 6.07) is 27.3. The third-order valence-corrected chi connectivity index (χ3v) is 4.15. The number of rotatable bonds is 3. The van der Waals surface area contributed by atoms with Crippen LogP contribution in [0.3, 0.4) is 0 Å². The Balaban J connectivity index is 1.84. The van der Waals surface area contributed by atoms with E-state index in [2.05, 4.69) is 0 Å². The maximum atomic E-state index is 13.1. The number of nitrogens with zero attached hydrogens (tertiary/aromatic N) is 1. The lowest BCUT2D eigenvalue weighted by Crippen LogP contribution is -2.20. The van der Waals surface area contributed by atoms with Crippen LogP contribution in [0.25, 0.3) is 0 Å². The van der Waals surface area contributed by atoms with E-state index in [1.807, 2.05) is 84.9 Å². The standard InChI is InChI=1S/C21H15NO/c23-21(16-11-5-2-6-12-16)19-17-13-7-8-14-18(17)22-20(19)15-9-3-1-4-10-15/h1-14,19H. The number of ketones is 1. The Morgan fingerprint density at radius 1 is 0.739 bits per heavy atom. The van der Waals surface area contributed by atoms with Gasteiger partial charge in [0.05, 0.1) is 17.3 Å². The SMILES string of the molecule is O=C(c1ccccc1)C1C(c2ccccc2)=Nc2ccccc21. The number of hydrogen-bond donors (Lipinski definition) is 0. The van der Waals surface area contributed by atoms with Crippen LogP contribution in [0.15, 0.2) is 89.9 Å². The quantitative estimate of drug-likeness (QED) is 0.639. The zero-order chi connectivity index (χ0) is 15.6. The molecule has 0 spiro atoms. The largest absolute Gasteiger partial charge is 0.293 e. The third-order valence-electron chi connectivity index (χ3n) is 4.15. The van der Waals surface area contributed by atoms with E-state index in [1.54, 1.807) is 0 Å². The predicted octanol–water partition coefficient (Wildman–Crippen LogP) is 4.79. The van der Waals surface area contributed by atoms with Gasteiger partial charge in [0.1, 0.15) is 0 Å². The average molecular weight is 297 g/mol. The van der Waals surface area contributed by atoms with Crippen molar-refractivity contribution < 1.29 is 4.79 Å². The van der Waals surface area contributed by atoms with E-state index in [-0.39, 0.29) is 11.7 Å². The molecular weight excluding hydrogens is 282 g/mol. The smallest absolute Gasteiger partial charge is 0.176 e. The summed E-state index contributed by atoms with van der Waals surface area (Å²) >= 11 is 0. The summed E-state index contributed by atoms with van der Waals surface area (Å²) in [5.41, 5.74) is 4.43. The molecule has 110 valence electrons. The van der Waals surface area contributed by atoms with Gasteiger partial charge in [-0.05, 0) is 17.2 Å². The first-order valence-corrected chi connectivity index (χ1v) is 7.67. The van der Waals surface area contributed by atoms with Crippen molar-refractivity contribution in [3.63, 3.8) is 0 Å². The second-order valence-corrected chi connectivity index (χ2v) is 5.59. The van der Waals surface area contributed by atoms with Gasteiger partial charge in [-0.25, -0.2) is 0 Å². The third kappa shape index (κ3) is 2.38. The van der Waals surface area contributed by atoms with Gasteiger partial charge in [0.25, 0.3) is 0 Å². The number of hydrogen-bond acceptors (Lipinski definition) is 2. The normalized spacial score (nSPS) is 15.8. The molecule has 0 aromatic heterocycles. The number of Topliss-reactive ketones (excluding diaryl/α,β-unsaturated/α-hetero) is 1. The molecule has 3 aromatic rings. The average Bonchev–Trinajstić information content (AvgIpc) is 3.02. The summed E-state index contributed by atoms with van der Waals surface area (Å²) < 4.78 is 0. The maximum absolute atomic E-state index is 13.1. The van der Waals surface area contributed by atoms with Crippen LogP contribution in [0, 0.1) is 0 Å². The Bertz CT molecular complexity index is 882. The Morgan fingerprint density at radius 3 is 2.09 bits per heavy atom. The van der Waals surface area contributed by atoms with Crippen LogP contribution in [0.4, 0.5) is 5.69 Å². The summed E-state index contributed by atoms with van der Waals surface area (Å²) in [5, 5.41) is 0. The Kier molecular flexibility index (Phi) is 3.35. The van der Waals surface area contributed by atoms with Crippen molar-refractivity contribution in [2.24, 2.45) is 4.99 Å². The fourth-order valence-electron chi connectivity index (χ4n) is 3.05. The number of carbonyl (C=O) groups excluding carboxylic acids is 1. The summed E-state index contributed by atoms with van der Waals surface area (Å²) in [6.07, 6.45) is 0. The lowest BCUT2D eigenvalue weighted by molar-refractivity contribution is 0.0984. The fraction of sp³-hybridized carbons (Fsp3) is 0.0476. The highest BCUT2D eigenvalue weighted by Crippen LogP contribution is 2.39. The van der Waals surface area contributed by atoms with Crippen molar-refractivity contribution >= 4 is 17.2 Å². The first kappa shape index (κ1) is 13.6. The zero-order valence-corrected chi connectivity index (χ0v) is 12.5. The van der Waals surface area contributed by atoms with Crippen molar-refractivity contribution in [3.05, 3.63) is 102 Å². The second kappa shape index (κ2) is 5.65. The minimum absolute atomic E-state index is 0.0955. The minimum Gasteiger partial charge on any atom is -0.293 e. The lowest BCUT2D eigenvalue weighted by Gasteiger charge is -2.14. The van der Waals surface area contributed by atoms with E-state index in [0.717, 1.165) is 28.1 Å². The van der Waals surface area contributed by atoms with Crippen molar-refractivity contribution in [3.8, 4) is 0 Å². The van der Waals surface area contributed by atoms with Gasteiger partial charge < -0.3 is 0 Å². The Labute approximate surface area is 135 Å². The molecule has 1 aliphatic rings. The van der Waals surface area contributed by atoms with E-state index in [1.165, 1.54) is 0 Å². The van der Waals surface area contributed by atoms with Crippen LogP contribution in [0.1, 0.15) is 27.4 Å². The van der Waals surface area contributed by atoms with Gasteiger partial charge in [0, 0.05) is 5.56 Å². The molecule has 3 aromatic carbocycles. The van der Waals surface area contributed by atoms with Crippen LogP contribution in [0.2, 0.25) is 0 Å². The van der Waals surface area contributed by atoms with Gasteiger partial charge in [0.15, 0.2) is 5.78 Å². The molecule has 1 atom stereocenters. The fourth-order valence-corrected chi connectivity index (χ4v) is 3.05. The molecule has 23 heavy (non-hydrogen) atoms. The zero-order valence-electron chi connectivity index (χ0n) is 12.5. The molecule has 2 nitrogen and oxygen atoms in total. The van der Waals surface area contributed by atoms with Gasteiger partial charge >= 0.3 is 0 Å².